The number of benzene rings is 2. The topological polar surface area (TPSA) is 84.1 Å². The molecule has 3 aromatic rings. The molecule has 2 N–H and O–H groups in total. The predicted octanol–water partition coefficient (Wildman–Crippen LogP) is 5.17. The zero-order valence-corrected chi connectivity index (χ0v) is 19.8. The number of halogens is 5. The fourth-order valence-electron chi connectivity index (χ4n) is 4.00. The van der Waals surface area contributed by atoms with Crippen LogP contribution in [0.25, 0.3) is 11.4 Å². The summed E-state index contributed by atoms with van der Waals surface area (Å²) >= 11 is 5.95. The number of amides is 1. The maximum Gasteiger partial charge on any atom is 0.417 e. The lowest BCUT2D eigenvalue weighted by molar-refractivity contribution is -0.137. The number of carbonyl (C=O) groups excluding carboxylic acids is 1. The molecule has 1 fully saturated rings. The van der Waals surface area contributed by atoms with E-state index in [9.17, 15) is 22.8 Å². The Bertz CT molecular complexity index is 1340. The highest BCUT2D eigenvalue weighted by Gasteiger charge is 2.37. The molecule has 0 aliphatic heterocycles. The van der Waals surface area contributed by atoms with Crippen molar-refractivity contribution in [3.05, 3.63) is 86.0 Å². The Morgan fingerprint density at radius 2 is 1.97 bits per heavy atom. The summed E-state index contributed by atoms with van der Waals surface area (Å²) in [4.78, 5) is 30.3. The van der Waals surface area contributed by atoms with E-state index < -0.39 is 34.5 Å². The fourth-order valence-corrected chi connectivity index (χ4v) is 4.22. The van der Waals surface area contributed by atoms with Gasteiger partial charge >= 0.3 is 6.18 Å². The van der Waals surface area contributed by atoms with Gasteiger partial charge in [-0.15, -0.1) is 0 Å². The first-order chi connectivity index (χ1) is 17.0. The minimum absolute atomic E-state index is 0.113. The molecule has 1 aliphatic rings. The highest BCUT2D eigenvalue weighted by Crippen LogP contribution is 2.38. The summed E-state index contributed by atoms with van der Waals surface area (Å²) < 4.78 is 61.8. The Hall–Kier alpha value is -3.24. The van der Waals surface area contributed by atoms with Crippen molar-refractivity contribution in [1.82, 2.24) is 15.3 Å². The van der Waals surface area contributed by atoms with Crippen molar-refractivity contribution in [3.63, 3.8) is 0 Å². The second-order valence-corrected chi connectivity index (χ2v) is 9.08. The molecule has 1 heterocycles. The maximum atomic E-state index is 15.3. The largest absolute Gasteiger partial charge is 0.417 e. The summed E-state index contributed by atoms with van der Waals surface area (Å²) in [5.74, 6) is -2.44. The minimum Gasteiger partial charge on any atom is -0.373 e. The zero-order valence-electron chi connectivity index (χ0n) is 19.1. The Labute approximate surface area is 208 Å². The number of H-pyrrole nitrogens is 1. The number of aryl methyl sites for hydroxylation is 1. The van der Waals surface area contributed by atoms with Gasteiger partial charge in [-0.05, 0) is 43.5 Å². The molecule has 6 nitrogen and oxygen atoms in total. The lowest BCUT2D eigenvalue weighted by Gasteiger charge is -2.34. The van der Waals surface area contributed by atoms with Crippen LogP contribution in [0.5, 0.6) is 0 Å². The molecule has 190 valence electrons. The van der Waals surface area contributed by atoms with Gasteiger partial charge in [0.15, 0.2) is 0 Å². The van der Waals surface area contributed by atoms with Crippen LogP contribution in [-0.4, -0.2) is 22.0 Å². The lowest BCUT2D eigenvalue weighted by Crippen LogP contribution is -2.42. The molecule has 36 heavy (non-hydrogen) atoms. The molecule has 4 rings (SSSR count). The highest BCUT2D eigenvalue weighted by molar-refractivity contribution is 6.30. The molecule has 0 spiro atoms. The van der Waals surface area contributed by atoms with Gasteiger partial charge in [0.2, 0.25) is 5.91 Å². The third-order valence-corrected chi connectivity index (χ3v) is 6.16. The number of alkyl halides is 3. The molecule has 0 radical (unpaired) electrons. The van der Waals surface area contributed by atoms with Crippen molar-refractivity contribution in [2.24, 2.45) is 5.92 Å². The van der Waals surface area contributed by atoms with Crippen LogP contribution in [0.3, 0.4) is 0 Å². The SMILES string of the molecule is Cc1cc(=O)[nH]c(-c2c(C(F)(F)F)ccc(CNC(=O)C3CC(OCc4cccc(Cl)c4)C3)c2F)n1. The monoisotopic (exact) mass is 523 g/mol. The normalized spacial score (nSPS) is 17.5. The van der Waals surface area contributed by atoms with Crippen molar-refractivity contribution < 1.29 is 27.1 Å². The summed E-state index contributed by atoms with van der Waals surface area (Å²) in [6.45, 7) is 1.45. The van der Waals surface area contributed by atoms with E-state index in [1.54, 1.807) is 12.1 Å². The third-order valence-electron chi connectivity index (χ3n) is 5.93. The Morgan fingerprint density at radius 1 is 1.22 bits per heavy atom. The lowest BCUT2D eigenvalue weighted by atomic mass is 9.81. The van der Waals surface area contributed by atoms with E-state index in [1.807, 2.05) is 12.1 Å². The second kappa shape index (κ2) is 10.4. The van der Waals surface area contributed by atoms with E-state index in [2.05, 4.69) is 15.3 Å². The average Bonchev–Trinajstić information content (AvgIpc) is 2.75. The van der Waals surface area contributed by atoms with Crippen molar-refractivity contribution in [1.29, 1.82) is 0 Å². The first-order valence-electron chi connectivity index (χ1n) is 11.1. The molecule has 2 aromatic carbocycles. The Morgan fingerprint density at radius 3 is 2.64 bits per heavy atom. The maximum absolute atomic E-state index is 15.3. The van der Waals surface area contributed by atoms with Crippen molar-refractivity contribution >= 4 is 17.5 Å². The number of hydrogen-bond donors (Lipinski definition) is 2. The summed E-state index contributed by atoms with van der Waals surface area (Å²) in [6.07, 6.45) is -4.05. The minimum atomic E-state index is -4.88. The number of nitrogens with zero attached hydrogens (tertiary/aromatic N) is 1. The van der Waals surface area contributed by atoms with E-state index in [-0.39, 0.29) is 35.7 Å². The summed E-state index contributed by atoms with van der Waals surface area (Å²) in [6, 6.07) is 10.0. The van der Waals surface area contributed by atoms with Crippen LogP contribution in [-0.2, 0) is 28.9 Å². The molecule has 0 unspecified atom stereocenters. The van der Waals surface area contributed by atoms with Gasteiger partial charge < -0.3 is 15.0 Å². The second-order valence-electron chi connectivity index (χ2n) is 8.64. The van der Waals surface area contributed by atoms with Gasteiger partial charge in [0.25, 0.3) is 5.56 Å². The number of aromatic amines is 1. The molecule has 1 aromatic heterocycles. The van der Waals surface area contributed by atoms with Crippen molar-refractivity contribution in [2.75, 3.05) is 0 Å². The zero-order chi connectivity index (χ0) is 26.0. The van der Waals surface area contributed by atoms with Crippen LogP contribution in [0, 0.1) is 18.7 Å². The van der Waals surface area contributed by atoms with E-state index in [4.69, 9.17) is 16.3 Å². The van der Waals surface area contributed by atoms with E-state index >= 15 is 4.39 Å². The van der Waals surface area contributed by atoms with E-state index in [1.165, 1.54) is 6.92 Å². The van der Waals surface area contributed by atoms with Gasteiger partial charge in [0.05, 0.1) is 23.8 Å². The van der Waals surface area contributed by atoms with E-state index in [0.717, 1.165) is 17.7 Å². The molecule has 1 amide bonds. The smallest absolute Gasteiger partial charge is 0.373 e. The molecule has 0 atom stereocenters. The van der Waals surface area contributed by atoms with Crippen LogP contribution < -0.4 is 10.9 Å². The quantitative estimate of drug-likeness (QED) is 0.419. The number of nitrogens with one attached hydrogen (secondary N) is 2. The predicted molar refractivity (Wildman–Crippen MR) is 125 cm³/mol. The van der Waals surface area contributed by atoms with Gasteiger partial charge in [-0.1, -0.05) is 29.8 Å². The Balaban J connectivity index is 1.41. The number of carbonyl (C=O) groups is 1. The molecular formula is C25H22ClF4N3O3. The molecule has 1 aliphatic carbocycles. The first-order valence-corrected chi connectivity index (χ1v) is 11.5. The van der Waals surface area contributed by atoms with Gasteiger partial charge in [0, 0.05) is 34.8 Å². The molecule has 0 bridgehead atoms. The summed E-state index contributed by atoms with van der Waals surface area (Å²) in [5.41, 5.74) is -1.97. The number of hydrogen-bond acceptors (Lipinski definition) is 4. The van der Waals surface area contributed by atoms with Crippen LogP contribution in [0.2, 0.25) is 5.02 Å². The van der Waals surface area contributed by atoms with Crippen molar-refractivity contribution in [3.8, 4) is 11.4 Å². The number of rotatable bonds is 7. The highest BCUT2D eigenvalue weighted by atomic mass is 35.5. The van der Waals surface area contributed by atoms with Gasteiger partial charge in [-0.25, -0.2) is 9.37 Å². The first kappa shape index (κ1) is 25.8. The summed E-state index contributed by atoms with van der Waals surface area (Å²) in [5, 5.41) is 3.18. The van der Waals surface area contributed by atoms with Gasteiger partial charge in [0.1, 0.15) is 11.6 Å². The van der Waals surface area contributed by atoms with Gasteiger partial charge in [-0.3, -0.25) is 9.59 Å². The fraction of sp³-hybridized carbons (Fsp3) is 0.320. The molecule has 0 saturated heterocycles. The summed E-state index contributed by atoms with van der Waals surface area (Å²) in [7, 11) is 0. The molecule has 1 saturated carbocycles. The number of aromatic nitrogens is 2. The van der Waals surface area contributed by atoms with Crippen LogP contribution in [0.4, 0.5) is 17.6 Å². The van der Waals surface area contributed by atoms with Crippen LogP contribution in [0.1, 0.15) is 35.2 Å². The van der Waals surface area contributed by atoms with Crippen LogP contribution in [0.15, 0.2) is 47.3 Å². The third kappa shape index (κ3) is 5.93. The molecule has 11 heteroatoms. The standard InChI is InChI=1S/C25H22ClF4N3O3/c1-13-7-20(34)33-23(32-13)21-19(25(28,29)30)6-5-15(22(21)27)11-31-24(35)16-9-18(10-16)36-12-14-3-2-4-17(26)8-14/h2-8,16,18H,9-12H2,1H3,(H,31,35)(H,32,33,34). The van der Waals surface area contributed by atoms with E-state index in [0.29, 0.717) is 30.5 Å². The molecular weight excluding hydrogens is 502 g/mol. The van der Waals surface area contributed by atoms with Crippen molar-refractivity contribution in [2.45, 2.75) is 45.2 Å². The number of ether oxygens (including phenoxy) is 1. The average molecular weight is 524 g/mol. The Kier molecular flexibility index (Phi) is 7.46. The van der Waals surface area contributed by atoms with Crippen LogP contribution >= 0.6 is 11.6 Å². The van der Waals surface area contributed by atoms with Gasteiger partial charge in [-0.2, -0.15) is 13.2 Å².